The van der Waals surface area contributed by atoms with Gasteiger partial charge in [0.05, 0.1) is 16.0 Å². The molecule has 0 aliphatic carbocycles. The Kier molecular flexibility index (Phi) is 5.77. The minimum Gasteiger partial charge on any atom is -0.486 e. The molecule has 4 rings (SSSR count). The molecule has 3 aromatic rings. The molecule has 2 N–H and O–H groups in total. The van der Waals surface area contributed by atoms with Crippen LogP contribution in [0.25, 0.3) is 10.2 Å². The van der Waals surface area contributed by atoms with Gasteiger partial charge >= 0.3 is 0 Å². The second-order valence-electron chi connectivity index (χ2n) is 6.67. The Balaban J connectivity index is 1.46. The number of hydrogen-bond acceptors (Lipinski definition) is 7. The number of hydrogen-bond donors (Lipinski definition) is 2. The number of carbonyl (C=O) groups is 1. The molecule has 3 heterocycles. The van der Waals surface area contributed by atoms with E-state index in [1.807, 2.05) is 24.5 Å². The number of ether oxygens (including phenoxy) is 2. The van der Waals surface area contributed by atoms with Crippen molar-refractivity contribution in [3.63, 3.8) is 0 Å². The molecule has 0 radical (unpaired) electrons. The number of H-pyrrole nitrogens is 1. The Bertz CT molecular complexity index is 1120. The van der Waals surface area contributed by atoms with E-state index in [9.17, 15) is 9.59 Å². The predicted octanol–water partition coefficient (Wildman–Crippen LogP) is 2.90. The van der Waals surface area contributed by atoms with Crippen LogP contribution < -0.4 is 20.3 Å². The van der Waals surface area contributed by atoms with Gasteiger partial charge in [-0.1, -0.05) is 6.07 Å². The third kappa shape index (κ3) is 4.11. The summed E-state index contributed by atoms with van der Waals surface area (Å²) < 4.78 is 11.1. The molecular weight excluding hydrogens is 410 g/mol. The lowest BCUT2D eigenvalue weighted by Crippen LogP contribution is -2.25. The summed E-state index contributed by atoms with van der Waals surface area (Å²) in [5.41, 5.74) is 1.54. The summed E-state index contributed by atoms with van der Waals surface area (Å²) in [6.07, 6.45) is 2.62. The van der Waals surface area contributed by atoms with Crippen molar-refractivity contribution in [2.45, 2.75) is 19.1 Å². The van der Waals surface area contributed by atoms with Crippen molar-refractivity contribution in [1.29, 1.82) is 0 Å². The molecule has 0 bridgehead atoms. The number of rotatable bonds is 6. The van der Waals surface area contributed by atoms with Crippen molar-refractivity contribution >= 4 is 39.2 Å². The van der Waals surface area contributed by atoms with Crippen molar-refractivity contribution in [2.24, 2.45) is 0 Å². The minimum absolute atomic E-state index is 0.186. The number of benzene rings is 1. The van der Waals surface area contributed by atoms with Crippen molar-refractivity contribution < 1.29 is 14.3 Å². The van der Waals surface area contributed by atoms with E-state index < -0.39 is 0 Å². The third-order valence-corrected chi connectivity index (χ3v) is 6.39. The lowest BCUT2D eigenvalue weighted by atomic mass is 10.1. The van der Waals surface area contributed by atoms with E-state index in [2.05, 4.69) is 15.3 Å². The number of fused-ring (bicyclic) bond motifs is 2. The highest BCUT2D eigenvalue weighted by molar-refractivity contribution is 7.97. The Morgan fingerprint density at radius 1 is 1.31 bits per heavy atom. The van der Waals surface area contributed by atoms with E-state index in [0.29, 0.717) is 58.4 Å². The Morgan fingerprint density at radius 3 is 2.90 bits per heavy atom. The first-order valence-corrected chi connectivity index (χ1v) is 11.5. The summed E-state index contributed by atoms with van der Waals surface area (Å²) in [5.74, 6) is 2.56. The normalized spacial score (nSPS) is 12.9. The van der Waals surface area contributed by atoms with E-state index in [0.717, 1.165) is 17.1 Å². The van der Waals surface area contributed by atoms with Crippen molar-refractivity contribution in [3.8, 4) is 11.5 Å². The van der Waals surface area contributed by atoms with Crippen LogP contribution in [0.15, 0.2) is 23.0 Å². The molecule has 0 atom stereocenters. The molecule has 0 saturated heterocycles. The van der Waals surface area contributed by atoms with Crippen molar-refractivity contribution in [1.82, 2.24) is 15.3 Å². The zero-order valence-corrected chi connectivity index (χ0v) is 17.8. The topological polar surface area (TPSA) is 93.3 Å². The predicted molar refractivity (Wildman–Crippen MR) is 116 cm³/mol. The van der Waals surface area contributed by atoms with Crippen LogP contribution in [-0.2, 0) is 12.2 Å². The second kappa shape index (κ2) is 8.46. The van der Waals surface area contributed by atoms with Crippen molar-refractivity contribution in [2.75, 3.05) is 26.0 Å². The summed E-state index contributed by atoms with van der Waals surface area (Å²) in [5, 5.41) is 3.44. The molecule has 0 saturated carbocycles. The smallest absolute Gasteiger partial charge is 0.261 e. The van der Waals surface area contributed by atoms with Gasteiger partial charge < -0.3 is 19.8 Å². The number of nitrogens with one attached hydrogen (secondary N) is 2. The highest BCUT2D eigenvalue weighted by Crippen LogP contribution is 2.31. The van der Waals surface area contributed by atoms with Gasteiger partial charge in [0.25, 0.3) is 11.5 Å². The average Bonchev–Trinajstić information content (AvgIpc) is 3.05. The van der Waals surface area contributed by atoms with Gasteiger partial charge in [0.1, 0.15) is 23.9 Å². The Labute approximate surface area is 175 Å². The lowest BCUT2D eigenvalue weighted by Gasteiger charge is -2.18. The first-order chi connectivity index (χ1) is 14.1. The fourth-order valence-corrected chi connectivity index (χ4v) is 4.78. The molecule has 0 unspecified atom stereocenters. The van der Waals surface area contributed by atoms with E-state index in [1.165, 1.54) is 11.3 Å². The molecule has 1 aliphatic rings. The summed E-state index contributed by atoms with van der Waals surface area (Å²) in [7, 11) is 0. The van der Waals surface area contributed by atoms with Gasteiger partial charge in [-0.3, -0.25) is 9.59 Å². The summed E-state index contributed by atoms with van der Waals surface area (Å²) >= 11 is 2.84. The lowest BCUT2D eigenvalue weighted by molar-refractivity contribution is 0.0957. The monoisotopic (exact) mass is 431 g/mol. The summed E-state index contributed by atoms with van der Waals surface area (Å²) in [6.45, 7) is 3.38. The number of aryl methyl sites for hydroxylation is 1. The summed E-state index contributed by atoms with van der Waals surface area (Å²) in [6, 6.07) is 5.81. The SMILES string of the molecule is CSCc1nc2sc(C(=O)NCCc3ccc4c(c3)OCCO4)c(C)c2c(=O)[nH]1. The maximum Gasteiger partial charge on any atom is 0.261 e. The third-order valence-electron chi connectivity index (χ3n) is 4.64. The number of thioether (sulfide) groups is 1. The van der Waals surface area contributed by atoms with Gasteiger partial charge in [-0.25, -0.2) is 4.98 Å². The van der Waals surface area contributed by atoms with Crippen molar-refractivity contribution in [3.05, 3.63) is 50.4 Å². The molecule has 152 valence electrons. The summed E-state index contributed by atoms with van der Waals surface area (Å²) in [4.78, 5) is 33.5. The highest BCUT2D eigenvalue weighted by atomic mass is 32.2. The fraction of sp³-hybridized carbons (Fsp3) is 0.350. The van der Waals surface area contributed by atoms with Gasteiger partial charge in [0.15, 0.2) is 11.5 Å². The average molecular weight is 432 g/mol. The number of aromatic amines is 1. The van der Waals surface area contributed by atoms with E-state index in [4.69, 9.17) is 9.47 Å². The molecule has 2 aromatic heterocycles. The highest BCUT2D eigenvalue weighted by Gasteiger charge is 2.19. The number of thiophene rings is 1. The quantitative estimate of drug-likeness (QED) is 0.623. The number of nitrogens with zero attached hydrogens (tertiary/aromatic N) is 1. The first kappa shape index (κ1) is 19.8. The Hall–Kier alpha value is -2.52. The van der Waals surface area contributed by atoms with Crippen LogP contribution >= 0.6 is 23.1 Å². The van der Waals surface area contributed by atoms with Gasteiger partial charge in [-0.15, -0.1) is 11.3 Å². The second-order valence-corrected chi connectivity index (χ2v) is 8.53. The molecule has 1 aromatic carbocycles. The van der Waals surface area contributed by atoms with E-state index >= 15 is 0 Å². The molecule has 0 spiro atoms. The zero-order valence-electron chi connectivity index (χ0n) is 16.2. The van der Waals surface area contributed by atoms with E-state index in [1.54, 1.807) is 18.7 Å². The molecule has 1 amide bonds. The molecule has 7 nitrogen and oxygen atoms in total. The van der Waals surface area contributed by atoms with Crippen LogP contribution in [-0.4, -0.2) is 41.9 Å². The van der Waals surface area contributed by atoms with Crippen LogP contribution in [0.1, 0.15) is 26.6 Å². The first-order valence-electron chi connectivity index (χ1n) is 9.24. The largest absolute Gasteiger partial charge is 0.486 e. The number of aromatic nitrogens is 2. The number of amides is 1. The van der Waals surface area contributed by atoms with Gasteiger partial charge in [-0.05, 0) is 42.9 Å². The maximum absolute atomic E-state index is 12.7. The number of carbonyl (C=O) groups excluding carboxylic acids is 1. The van der Waals surface area contributed by atoms with Crippen LogP contribution in [0, 0.1) is 6.92 Å². The van der Waals surface area contributed by atoms with Gasteiger partial charge in [0, 0.05) is 6.54 Å². The van der Waals surface area contributed by atoms with Crippen LogP contribution in [0.4, 0.5) is 0 Å². The fourth-order valence-electron chi connectivity index (χ4n) is 3.25. The van der Waals surface area contributed by atoms with Crippen LogP contribution in [0.5, 0.6) is 11.5 Å². The molecule has 9 heteroatoms. The molecule has 1 aliphatic heterocycles. The maximum atomic E-state index is 12.7. The van der Waals surface area contributed by atoms with Crippen LogP contribution in [0.3, 0.4) is 0 Å². The minimum atomic E-state index is -0.192. The molecule has 0 fully saturated rings. The van der Waals surface area contributed by atoms with Crippen LogP contribution in [0.2, 0.25) is 0 Å². The van der Waals surface area contributed by atoms with Gasteiger partial charge in [-0.2, -0.15) is 11.8 Å². The Morgan fingerprint density at radius 2 is 2.10 bits per heavy atom. The molecular formula is C20H21N3O4S2. The van der Waals surface area contributed by atoms with Gasteiger partial charge in [0.2, 0.25) is 0 Å². The molecule has 29 heavy (non-hydrogen) atoms. The van der Waals surface area contributed by atoms with E-state index in [-0.39, 0.29) is 11.5 Å². The standard InChI is InChI=1S/C20H21N3O4S2/c1-11-16-18(24)22-15(10-28-2)23-20(16)29-17(11)19(25)21-6-5-12-3-4-13-14(9-12)27-8-7-26-13/h3-4,9H,5-8,10H2,1-2H3,(H,21,25)(H,22,23,24). The zero-order chi connectivity index (χ0) is 20.4.